The number of rotatable bonds is 2. The zero-order valence-electron chi connectivity index (χ0n) is 13.1. The standard InChI is InChI=1S/C18H18N4.ClH/c1-12(21-22-18(19)20-2)17-11-13-7-3-4-8-14(13)15-9-5-6-10-16(15)17;/h3-11H,1-2H3,(H3,19,20,22);1H. The van der Waals surface area contributed by atoms with Gasteiger partial charge in [-0.05, 0) is 34.5 Å². The van der Waals surface area contributed by atoms with E-state index in [-0.39, 0.29) is 12.4 Å². The van der Waals surface area contributed by atoms with Crippen LogP contribution in [0.2, 0.25) is 0 Å². The van der Waals surface area contributed by atoms with Gasteiger partial charge in [0.1, 0.15) is 0 Å². The molecule has 0 unspecified atom stereocenters. The quantitative estimate of drug-likeness (QED) is 0.326. The average molecular weight is 327 g/mol. The molecule has 0 saturated carbocycles. The molecule has 0 radical (unpaired) electrons. The fourth-order valence-electron chi connectivity index (χ4n) is 2.60. The van der Waals surface area contributed by atoms with Crippen LogP contribution in [-0.2, 0) is 0 Å². The zero-order valence-corrected chi connectivity index (χ0v) is 13.9. The summed E-state index contributed by atoms with van der Waals surface area (Å²) in [5, 5.41) is 9.18. The highest BCUT2D eigenvalue weighted by Crippen LogP contribution is 2.28. The van der Waals surface area contributed by atoms with Crippen molar-refractivity contribution in [1.82, 2.24) is 5.43 Å². The Labute approximate surface area is 141 Å². The Morgan fingerprint density at radius 3 is 2.26 bits per heavy atom. The Balaban J connectivity index is 0.00000192. The van der Waals surface area contributed by atoms with Crippen molar-refractivity contribution in [1.29, 1.82) is 0 Å². The maximum Gasteiger partial charge on any atom is 0.209 e. The van der Waals surface area contributed by atoms with Gasteiger partial charge in [-0.1, -0.05) is 48.5 Å². The van der Waals surface area contributed by atoms with Crippen molar-refractivity contribution in [3.8, 4) is 0 Å². The summed E-state index contributed by atoms with van der Waals surface area (Å²) in [6.45, 7) is 1.96. The first-order valence-corrected chi connectivity index (χ1v) is 7.14. The Morgan fingerprint density at radius 1 is 0.957 bits per heavy atom. The van der Waals surface area contributed by atoms with Gasteiger partial charge in [-0.3, -0.25) is 4.99 Å². The summed E-state index contributed by atoms with van der Waals surface area (Å²) < 4.78 is 0. The number of nitrogens with zero attached hydrogens (tertiary/aromatic N) is 2. The Hall–Kier alpha value is -2.59. The molecule has 23 heavy (non-hydrogen) atoms. The van der Waals surface area contributed by atoms with E-state index < -0.39 is 0 Å². The lowest BCUT2D eigenvalue weighted by atomic mass is 9.95. The summed E-state index contributed by atoms with van der Waals surface area (Å²) in [6.07, 6.45) is 0. The van der Waals surface area contributed by atoms with Crippen molar-refractivity contribution in [3.63, 3.8) is 0 Å². The normalized spacial score (nSPS) is 12.3. The minimum absolute atomic E-state index is 0. The third kappa shape index (κ3) is 3.27. The summed E-state index contributed by atoms with van der Waals surface area (Å²) in [5.41, 5.74) is 10.4. The molecule has 0 heterocycles. The van der Waals surface area contributed by atoms with Gasteiger partial charge in [0.2, 0.25) is 5.96 Å². The summed E-state index contributed by atoms with van der Waals surface area (Å²) in [4.78, 5) is 3.84. The van der Waals surface area contributed by atoms with Crippen LogP contribution in [0.3, 0.4) is 0 Å². The van der Waals surface area contributed by atoms with Crippen molar-refractivity contribution < 1.29 is 0 Å². The van der Waals surface area contributed by atoms with Gasteiger partial charge in [0, 0.05) is 12.6 Å². The largest absolute Gasteiger partial charge is 0.369 e. The number of hydrazone groups is 1. The maximum atomic E-state index is 5.63. The fourth-order valence-corrected chi connectivity index (χ4v) is 2.60. The summed E-state index contributed by atoms with van der Waals surface area (Å²) >= 11 is 0. The average Bonchev–Trinajstić information content (AvgIpc) is 2.58. The van der Waals surface area contributed by atoms with E-state index >= 15 is 0 Å². The summed E-state index contributed by atoms with van der Waals surface area (Å²) in [7, 11) is 1.62. The molecule has 3 rings (SSSR count). The van der Waals surface area contributed by atoms with Gasteiger partial charge in [-0.25, -0.2) is 5.43 Å². The highest BCUT2D eigenvalue weighted by atomic mass is 35.5. The molecular weight excluding hydrogens is 308 g/mol. The van der Waals surface area contributed by atoms with E-state index in [0.29, 0.717) is 5.96 Å². The minimum Gasteiger partial charge on any atom is -0.369 e. The SMILES string of the molecule is CN=C(N)NN=C(C)c1cc2ccccc2c2ccccc12.Cl. The molecule has 0 aromatic heterocycles. The number of aliphatic imine (C=N–C) groups is 1. The van der Waals surface area contributed by atoms with Gasteiger partial charge in [-0.15, -0.1) is 12.4 Å². The number of nitrogens with one attached hydrogen (secondary N) is 1. The van der Waals surface area contributed by atoms with Crippen molar-refractivity contribution in [3.05, 3.63) is 60.2 Å². The molecule has 3 aromatic carbocycles. The second-order valence-electron chi connectivity index (χ2n) is 5.11. The number of nitrogens with two attached hydrogens (primary N) is 1. The first-order valence-electron chi connectivity index (χ1n) is 7.14. The molecule has 0 spiro atoms. The van der Waals surface area contributed by atoms with E-state index in [0.717, 1.165) is 11.3 Å². The molecular formula is C18H19ClN4. The molecule has 0 fully saturated rings. The maximum absolute atomic E-state index is 5.63. The topological polar surface area (TPSA) is 62.8 Å². The molecule has 3 aromatic rings. The van der Waals surface area contributed by atoms with E-state index in [1.807, 2.05) is 19.1 Å². The molecule has 0 aliphatic carbocycles. The smallest absolute Gasteiger partial charge is 0.209 e. The van der Waals surface area contributed by atoms with E-state index in [2.05, 4.69) is 58.0 Å². The molecule has 0 atom stereocenters. The van der Waals surface area contributed by atoms with Crippen molar-refractivity contribution in [2.24, 2.45) is 15.8 Å². The van der Waals surface area contributed by atoms with Crippen LogP contribution in [-0.4, -0.2) is 18.7 Å². The summed E-state index contributed by atoms with van der Waals surface area (Å²) in [5.74, 6) is 0.296. The highest BCUT2D eigenvalue weighted by molar-refractivity contribution is 6.18. The van der Waals surface area contributed by atoms with Crippen LogP contribution in [0.5, 0.6) is 0 Å². The van der Waals surface area contributed by atoms with Gasteiger partial charge in [-0.2, -0.15) is 5.10 Å². The molecule has 0 amide bonds. The first kappa shape index (κ1) is 16.8. The van der Waals surface area contributed by atoms with Crippen LogP contribution in [0.15, 0.2) is 64.7 Å². The van der Waals surface area contributed by atoms with Gasteiger partial charge >= 0.3 is 0 Å². The molecule has 0 aliphatic heterocycles. The molecule has 5 heteroatoms. The molecule has 0 saturated heterocycles. The lowest BCUT2D eigenvalue weighted by molar-refractivity contribution is 0.998. The molecule has 4 nitrogen and oxygen atoms in total. The predicted octanol–water partition coefficient (Wildman–Crippen LogP) is 3.67. The number of hydrogen-bond acceptors (Lipinski definition) is 2. The van der Waals surface area contributed by atoms with Crippen molar-refractivity contribution in [2.75, 3.05) is 7.05 Å². The van der Waals surface area contributed by atoms with Gasteiger partial charge < -0.3 is 5.73 Å². The van der Waals surface area contributed by atoms with Crippen LogP contribution in [0.1, 0.15) is 12.5 Å². The number of hydrogen-bond donors (Lipinski definition) is 2. The molecule has 0 aliphatic rings. The second-order valence-corrected chi connectivity index (χ2v) is 5.11. The number of guanidine groups is 1. The Bertz CT molecular complexity index is 900. The molecule has 0 bridgehead atoms. The lowest BCUT2D eigenvalue weighted by Gasteiger charge is -2.10. The van der Waals surface area contributed by atoms with Crippen LogP contribution in [0, 0.1) is 0 Å². The second kappa shape index (κ2) is 7.11. The zero-order chi connectivity index (χ0) is 15.5. The predicted molar refractivity (Wildman–Crippen MR) is 102 cm³/mol. The third-order valence-electron chi connectivity index (χ3n) is 3.74. The van der Waals surface area contributed by atoms with Crippen LogP contribution >= 0.6 is 12.4 Å². The van der Waals surface area contributed by atoms with E-state index in [9.17, 15) is 0 Å². The van der Waals surface area contributed by atoms with Crippen LogP contribution in [0.4, 0.5) is 0 Å². The highest BCUT2D eigenvalue weighted by Gasteiger charge is 2.08. The first-order chi connectivity index (χ1) is 10.7. The number of benzene rings is 3. The number of fused-ring (bicyclic) bond motifs is 3. The van der Waals surface area contributed by atoms with E-state index in [1.54, 1.807) is 7.05 Å². The van der Waals surface area contributed by atoms with E-state index in [1.165, 1.54) is 21.5 Å². The molecule has 118 valence electrons. The van der Waals surface area contributed by atoms with Gasteiger partial charge in [0.05, 0.1) is 5.71 Å². The van der Waals surface area contributed by atoms with Crippen LogP contribution in [0.25, 0.3) is 21.5 Å². The summed E-state index contributed by atoms with van der Waals surface area (Å²) in [6, 6.07) is 18.9. The number of halogens is 1. The van der Waals surface area contributed by atoms with E-state index in [4.69, 9.17) is 5.73 Å². The minimum atomic E-state index is 0. The van der Waals surface area contributed by atoms with Crippen molar-refractivity contribution in [2.45, 2.75) is 6.92 Å². The van der Waals surface area contributed by atoms with Gasteiger partial charge in [0.25, 0.3) is 0 Å². The van der Waals surface area contributed by atoms with Crippen LogP contribution < -0.4 is 11.2 Å². The monoisotopic (exact) mass is 326 g/mol. The molecule has 3 N–H and O–H groups in total. The Kier molecular flexibility index (Phi) is 5.19. The lowest BCUT2D eigenvalue weighted by Crippen LogP contribution is -2.27. The van der Waals surface area contributed by atoms with Crippen molar-refractivity contribution >= 4 is 45.6 Å². The Morgan fingerprint density at radius 2 is 1.57 bits per heavy atom. The fraction of sp³-hybridized carbons (Fsp3) is 0.111. The van der Waals surface area contributed by atoms with Gasteiger partial charge in [0.15, 0.2) is 0 Å². The third-order valence-corrected chi connectivity index (χ3v) is 3.74.